The minimum absolute atomic E-state index is 0.0298. The first-order chi connectivity index (χ1) is 9.01. The lowest BCUT2D eigenvalue weighted by atomic mass is 9.95. The van der Waals surface area contributed by atoms with Gasteiger partial charge in [0.15, 0.2) is 0 Å². The van der Waals surface area contributed by atoms with Crippen molar-refractivity contribution in [2.45, 2.75) is 70.1 Å². The van der Waals surface area contributed by atoms with Gasteiger partial charge in [0, 0.05) is 25.2 Å². The highest BCUT2D eigenvalue weighted by Gasteiger charge is 2.39. The Bertz CT molecular complexity index is 305. The predicted octanol–water partition coefficient (Wildman–Crippen LogP) is 1.36. The van der Waals surface area contributed by atoms with E-state index in [1.54, 1.807) is 7.05 Å². The third-order valence-electron chi connectivity index (χ3n) is 4.81. The van der Waals surface area contributed by atoms with E-state index in [2.05, 4.69) is 36.4 Å². The molecular weight excluding hydrogens is 238 g/mol. The molecule has 2 N–H and O–H groups in total. The number of rotatable bonds is 5. The third-order valence-corrected chi connectivity index (χ3v) is 4.81. The number of carbonyl (C=O) groups excluding carboxylic acids is 1. The highest BCUT2D eigenvalue weighted by atomic mass is 16.2. The molecule has 19 heavy (non-hydrogen) atoms. The van der Waals surface area contributed by atoms with Gasteiger partial charge in [-0.1, -0.05) is 13.8 Å². The van der Waals surface area contributed by atoms with E-state index in [4.69, 9.17) is 0 Å². The van der Waals surface area contributed by atoms with Crippen molar-refractivity contribution in [2.24, 2.45) is 5.92 Å². The average molecular weight is 267 g/mol. The first-order valence-electron chi connectivity index (χ1n) is 7.70. The number of amides is 1. The van der Waals surface area contributed by atoms with Gasteiger partial charge in [0.05, 0.1) is 6.04 Å². The Kier molecular flexibility index (Phi) is 4.85. The van der Waals surface area contributed by atoms with Gasteiger partial charge in [-0.05, 0) is 45.1 Å². The van der Waals surface area contributed by atoms with E-state index in [9.17, 15) is 4.79 Å². The molecule has 0 aliphatic carbocycles. The maximum absolute atomic E-state index is 12.0. The van der Waals surface area contributed by atoms with E-state index in [0.717, 1.165) is 18.5 Å². The fourth-order valence-corrected chi connectivity index (χ4v) is 3.73. The Labute approximate surface area is 117 Å². The second kappa shape index (κ2) is 6.23. The number of hydrogen-bond donors (Lipinski definition) is 2. The largest absolute Gasteiger partial charge is 0.358 e. The van der Waals surface area contributed by atoms with Gasteiger partial charge in [-0.3, -0.25) is 4.79 Å². The highest BCUT2D eigenvalue weighted by Crippen LogP contribution is 2.34. The van der Waals surface area contributed by atoms with Crippen molar-refractivity contribution < 1.29 is 4.79 Å². The van der Waals surface area contributed by atoms with E-state index in [-0.39, 0.29) is 11.9 Å². The molecule has 0 aromatic rings. The van der Waals surface area contributed by atoms with E-state index in [0.29, 0.717) is 12.0 Å². The molecule has 3 atom stereocenters. The fraction of sp³-hybridized carbons (Fsp3) is 0.933. The van der Waals surface area contributed by atoms with Gasteiger partial charge in [0.1, 0.15) is 0 Å². The summed E-state index contributed by atoms with van der Waals surface area (Å²) in [5.41, 5.74) is 0. The second-order valence-corrected chi connectivity index (χ2v) is 6.68. The lowest BCUT2D eigenvalue weighted by Gasteiger charge is -2.38. The highest BCUT2D eigenvalue weighted by molar-refractivity contribution is 5.81. The molecule has 0 aromatic heterocycles. The van der Waals surface area contributed by atoms with Crippen LogP contribution < -0.4 is 10.6 Å². The summed E-state index contributed by atoms with van der Waals surface area (Å²) >= 11 is 0. The molecule has 1 amide bonds. The summed E-state index contributed by atoms with van der Waals surface area (Å²) in [5.74, 6) is 0.678. The molecule has 4 heteroatoms. The van der Waals surface area contributed by atoms with Crippen molar-refractivity contribution in [1.82, 2.24) is 15.5 Å². The van der Waals surface area contributed by atoms with Gasteiger partial charge in [0.25, 0.3) is 0 Å². The van der Waals surface area contributed by atoms with Crippen LogP contribution in [0.5, 0.6) is 0 Å². The average Bonchev–Trinajstić information content (AvgIpc) is 2.60. The van der Waals surface area contributed by atoms with Crippen LogP contribution >= 0.6 is 0 Å². The number of nitrogens with zero attached hydrogens (tertiary/aromatic N) is 1. The molecule has 4 nitrogen and oxygen atoms in total. The molecule has 2 heterocycles. The van der Waals surface area contributed by atoms with Crippen molar-refractivity contribution in [2.75, 3.05) is 14.1 Å². The Balaban J connectivity index is 1.92. The van der Waals surface area contributed by atoms with Crippen molar-refractivity contribution >= 4 is 5.91 Å². The molecule has 2 aliphatic heterocycles. The van der Waals surface area contributed by atoms with Crippen molar-refractivity contribution in [3.05, 3.63) is 0 Å². The van der Waals surface area contributed by atoms with Crippen LogP contribution in [0.4, 0.5) is 0 Å². The van der Waals surface area contributed by atoms with Crippen molar-refractivity contribution in [3.8, 4) is 0 Å². The monoisotopic (exact) mass is 267 g/mol. The van der Waals surface area contributed by atoms with Crippen molar-refractivity contribution in [3.63, 3.8) is 0 Å². The molecule has 0 saturated carbocycles. The van der Waals surface area contributed by atoms with Gasteiger partial charge in [-0.25, -0.2) is 0 Å². The topological polar surface area (TPSA) is 44.4 Å². The van der Waals surface area contributed by atoms with E-state index < -0.39 is 0 Å². The zero-order valence-corrected chi connectivity index (χ0v) is 12.8. The normalized spacial score (nSPS) is 32.6. The molecule has 2 fully saturated rings. The molecule has 3 unspecified atom stereocenters. The molecule has 2 bridgehead atoms. The molecule has 0 spiro atoms. The molecule has 2 rings (SSSR count). The zero-order chi connectivity index (χ0) is 14.0. The first-order valence-corrected chi connectivity index (χ1v) is 7.70. The van der Waals surface area contributed by atoms with Crippen LogP contribution in [0.2, 0.25) is 0 Å². The van der Waals surface area contributed by atoms with Crippen LogP contribution in [-0.2, 0) is 4.79 Å². The van der Waals surface area contributed by atoms with Crippen LogP contribution in [0.25, 0.3) is 0 Å². The van der Waals surface area contributed by atoms with Crippen LogP contribution in [0, 0.1) is 5.92 Å². The molecule has 2 aliphatic rings. The molecule has 110 valence electrons. The summed E-state index contributed by atoms with van der Waals surface area (Å²) in [6, 6.07) is 1.92. The molecule has 0 aromatic carbocycles. The fourth-order valence-electron chi connectivity index (χ4n) is 3.73. The lowest BCUT2D eigenvalue weighted by molar-refractivity contribution is -0.123. The van der Waals surface area contributed by atoms with Crippen LogP contribution in [0.3, 0.4) is 0 Å². The summed E-state index contributed by atoms with van der Waals surface area (Å²) < 4.78 is 0. The maximum Gasteiger partial charge on any atom is 0.236 e. The number of piperidine rings is 1. The number of carbonyl (C=O) groups is 1. The Morgan fingerprint density at radius 3 is 2.32 bits per heavy atom. The Morgan fingerprint density at radius 1 is 1.26 bits per heavy atom. The molecule has 0 radical (unpaired) electrons. The molecule has 2 saturated heterocycles. The van der Waals surface area contributed by atoms with Gasteiger partial charge >= 0.3 is 0 Å². The second-order valence-electron chi connectivity index (χ2n) is 6.68. The van der Waals surface area contributed by atoms with Crippen LogP contribution in [0.1, 0.15) is 46.0 Å². The lowest BCUT2D eigenvalue weighted by Crippen LogP contribution is -2.53. The van der Waals surface area contributed by atoms with E-state index in [1.165, 1.54) is 25.7 Å². The number of nitrogens with one attached hydrogen (secondary N) is 2. The zero-order valence-electron chi connectivity index (χ0n) is 12.8. The summed E-state index contributed by atoms with van der Waals surface area (Å²) in [6.07, 6.45) is 5.96. The predicted molar refractivity (Wildman–Crippen MR) is 78.0 cm³/mol. The van der Waals surface area contributed by atoms with E-state index in [1.807, 2.05) is 0 Å². The minimum atomic E-state index is -0.0298. The standard InChI is InChI=1S/C15H29N3O/c1-10(2)7-14(15(19)16-3)17-11-8-12-5-6-13(9-11)18(12)4/h10-14,17H,5-9H2,1-4H3,(H,16,19). The Hall–Kier alpha value is -0.610. The smallest absolute Gasteiger partial charge is 0.236 e. The van der Waals surface area contributed by atoms with E-state index >= 15 is 0 Å². The quantitative estimate of drug-likeness (QED) is 0.790. The van der Waals surface area contributed by atoms with Crippen LogP contribution in [0.15, 0.2) is 0 Å². The van der Waals surface area contributed by atoms with Gasteiger partial charge in [-0.15, -0.1) is 0 Å². The summed E-state index contributed by atoms with van der Waals surface area (Å²) in [7, 11) is 3.98. The number of hydrogen-bond acceptors (Lipinski definition) is 3. The minimum Gasteiger partial charge on any atom is -0.358 e. The SMILES string of the molecule is CNC(=O)C(CC(C)C)NC1CC2CCC(C1)N2C. The number of likely N-dealkylation sites (N-methyl/N-ethyl adjacent to an activating group) is 1. The third kappa shape index (κ3) is 3.48. The van der Waals surface area contributed by atoms with Gasteiger partial charge in [-0.2, -0.15) is 0 Å². The van der Waals surface area contributed by atoms with Gasteiger partial charge < -0.3 is 15.5 Å². The first kappa shape index (κ1) is 14.8. The summed E-state index contributed by atoms with van der Waals surface area (Å²) in [5, 5.41) is 6.42. The van der Waals surface area contributed by atoms with Gasteiger partial charge in [0.2, 0.25) is 5.91 Å². The maximum atomic E-state index is 12.0. The van der Waals surface area contributed by atoms with Crippen molar-refractivity contribution in [1.29, 1.82) is 0 Å². The number of fused-ring (bicyclic) bond motifs is 2. The van der Waals surface area contributed by atoms with Crippen LogP contribution in [-0.4, -0.2) is 49.1 Å². The molecular formula is C15H29N3O. The summed E-state index contributed by atoms with van der Waals surface area (Å²) in [4.78, 5) is 14.5. The Morgan fingerprint density at radius 2 is 1.84 bits per heavy atom. The summed E-state index contributed by atoms with van der Waals surface area (Å²) in [6.45, 7) is 4.35.